The summed E-state index contributed by atoms with van der Waals surface area (Å²) in [4.78, 5) is 10.2. The van der Waals surface area contributed by atoms with Gasteiger partial charge in [0, 0.05) is 6.04 Å². The summed E-state index contributed by atoms with van der Waals surface area (Å²) >= 11 is 0. The molecule has 15 heavy (non-hydrogen) atoms. The van der Waals surface area contributed by atoms with E-state index >= 15 is 0 Å². The molecule has 4 heteroatoms. The van der Waals surface area contributed by atoms with Crippen molar-refractivity contribution >= 4 is 6.16 Å². The highest BCUT2D eigenvalue weighted by atomic mass is 16.7. The quantitative estimate of drug-likeness (QED) is 0.520. The highest BCUT2D eigenvalue weighted by molar-refractivity contribution is 5.57. The van der Waals surface area contributed by atoms with Crippen molar-refractivity contribution in [3.63, 3.8) is 0 Å². The first-order chi connectivity index (χ1) is 7.18. The maximum absolute atomic E-state index is 10.2. The molecule has 0 amide bonds. The van der Waals surface area contributed by atoms with Crippen molar-refractivity contribution in [2.24, 2.45) is 5.73 Å². The molecule has 0 saturated carbocycles. The molecule has 88 valence electrons. The Morgan fingerprint density at radius 1 is 1.47 bits per heavy atom. The van der Waals surface area contributed by atoms with Gasteiger partial charge in [0.2, 0.25) is 0 Å². The third kappa shape index (κ3) is 6.96. The molecule has 1 rings (SSSR count). The summed E-state index contributed by atoms with van der Waals surface area (Å²) in [6.45, 7) is 4.00. The Bertz CT molecular complexity index is 204. The fraction of sp³-hybridized carbons (Fsp3) is 0.727. The third-order valence-corrected chi connectivity index (χ3v) is 2.11. The summed E-state index contributed by atoms with van der Waals surface area (Å²) in [6.07, 6.45) is 5.58. The number of hydrogen-bond donors (Lipinski definition) is 2. The highest BCUT2D eigenvalue weighted by Crippen LogP contribution is 2.13. The predicted octanol–water partition coefficient (Wildman–Crippen LogP) is 2.53. The smallest absolute Gasteiger partial charge is 0.450 e. The van der Waals surface area contributed by atoms with Crippen molar-refractivity contribution in [2.45, 2.75) is 51.7 Å². The molecule has 0 fully saturated rings. The molecule has 0 saturated heterocycles. The van der Waals surface area contributed by atoms with Crippen molar-refractivity contribution in [3.8, 4) is 0 Å². The van der Waals surface area contributed by atoms with Crippen LogP contribution >= 0.6 is 0 Å². The molecule has 0 radical (unpaired) electrons. The normalized spacial score (nSPS) is 27.7. The molecular formula is C11H21NO3. The van der Waals surface area contributed by atoms with E-state index in [4.69, 9.17) is 10.8 Å². The van der Waals surface area contributed by atoms with Crippen molar-refractivity contribution in [1.29, 1.82) is 0 Å². The number of carboxylic acid groups (broad SMARTS) is 1. The Labute approximate surface area is 91.1 Å². The molecule has 0 aliphatic heterocycles. The van der Waals surface area contributed by atoms with Crippen LogP contribution in [0.5, 0.6) is 0 Å². The maximum Gasteiger partial charge on any atom is 0.506 e. The second-order valence-corrected chi connectivity index (χ2v) is 3.28. The van der Waals surface area contributed by atoms with Gasteiger partial charge in [-0.2, -0.15) is 0 Å². The molecular weight excluding hydrogens is 194 g/mol. The van der Waals surface area contributed by atoms with Crippen LogP contribution in [0, 0.1) is 0 Å². The topological polar surface area (TPSA) is 72.5 Å². The van der Waals surface area contributed by atoms with Crippen LogP contribution in [-0.2, 0) is 4.74 Å². The summed E-state index contributed by atoms with van der Waals surface area (Å²) in [5.41, 5.74) is 5.74. The largest absolute Gasteiger partial charge is 0.506 e. The molecule has 0 spiro atoms. The molecule has 0 heterocycles. The second kappa shape index (κ2) is 8.29. The summed E-state index contributed by atoms with van der Waals surface area (Å²) in [7, 11) is 0. The lowest BCUT2D eigenvalue weighted by Gasteiger charge is -2.16. The van der Waals surface area contributed by atoms with Gasteiger partial charge in [0.1, 0.15) is 6.10 Å². The first kappa shape index (κ1) is 14.0. The summed E-state index contributed by atoms with van der Waals surface area (Å²) < 4.78 is 4.65. The number of nitrogens with two attached hydrogens (primary N) is 1. The summed E-state index contributed by atoms with van der Waals surface area (Å²) in [5.74, 6) is 0. The Hall–Kier alpha value is -1.03. The maximum atomic E-state index is 10.2. The summed E-state index contributed by atoms with van der Waals surface area (Å²) in [6, 6.07) is 0.210. The zero-order chi connectivity index (χ0) is 11.7. The molecule has 2 unspecified atom stereocenters. The molecule has 0 aromatic heterocycles. The highest BCUT2D eigenvalue weighted by Gasteiger charge is 2.13. The van der Waals surface area contributed by atoms with E-state index in [1.54, 1.807) is 6.08 Å². The van der Waals surface area contributed by atoms with E-state index in [1.807, 2.05) is 19.9 Å². The first-order valence-electron chi connectivity index (χ1n) is 5.50. The van der Waals surface area contributed by atoms with E-state index < -0.39 is 6.16 Å². The SMILES string of the molecule is CC.NC1C/C=C/C(OC(=O)O)CCC1. The average Bonchev–Trinajstić information content (AvgIpc) is 2.16. The standard InChI is InChI=1S/C9H15NO3.C2H6/c10-7-3-1-5-8(6-2-4-7)13-9(11)12;1-2/h1,5,7-8H,2-4,6,10H2,(H,11,12);1-2H3/b5-1+;. The molecule has 0 aromatic carbocycles. The van der Waals surface area contributed by atoms with Gasteiger partial charge < -0.3 is 15.6 Å². The van der Waals surface area contributed by atoms with Crippen LogP contribution in [0.25, 0.3) is 0 Å². The van der Waals surface area contributed by atoms with Crippen molar-refractivity contribution in [3.05, 3.63) is 12.2 Å². The van der Waals surface area contributed by atoms with Crippen LogP contribution in [0.3, 0.4) is 0 Å². The van der Waals surface area contributed by atoms with Crippen LogP contribution in [-0.4, -0.2) is 23.4 Å². The predicted molar refractivity (Wildman–Crippen MR) is 59.8 cm³/mol. The minimum Gasteiger partial charge on any atom is -0.450 e. The Kier molecular flexibility index (Phi) is 7.72. The van der Waals surface area contributed by atoms with Gasteiger partial charge in [-0.25, -0.2) is 4.79 Å². The van der Waals surface area contributed by atoms with E-state index in [0.717, 1.165) is 25.7 Å². The van der Waals surface area contributed by atoms with Crippen LogP contribution < -0.4 is 5.73 Å². The van der Waals surface area contributed by atoms with E-state index in [1.165, 1.54) is 0 Å². The summed E-state index contributed by atoms with van der Waals surface area (Å²) in [5, 5.41) is 8.40. The molecule has 1 aliphatic carbocycles. The van der Waals surface area contributed by atoms with Crippen LogP contribution in [0.4, 0.5) is 4.79 Å². The number of carbonyl (C=O) groups is 1. The number of rotatable bonds is 1. The van der Waals surface area contributed by atoms with Gasteiger partial charge in [-0.05, 0) is 31.8 Å². The van der Waals surface area contributed by atoms with Crippen LogP contribution in [0.1, 0.15) is 39.5 Å². The first-order valence-corrected chi connectivity index (χ1v) is 5.50. The van der Waals surface area contributed by atoms with E-state index in [-0.39, 0.29) is 12.1 Å². The molecule has 4 nitrogen and oxygen atoms in total. The lowest BCUT2D eigenvalue weighted by Crippen LogP contribution is -2.22. The third-order valence-electron chi connectivity index (χ3n) is 2.11. The van der Waals surface area contributed by atoms with Crippen LogP contribution in [0.15, 0.2) is 12.2 Å². The lowest BCUT2D eigenvalue weighted by molar-refractivity contribution is 0.0647. The van der Waals surface area contributed by atoms with Gasteiger partial charge in [-0.15, -0.1) is 0 Å². The van der Waals surface area contributed by atoms with Crippen molar-refractivity contribution in [2.75, 3.05) is 0 Å². The van der Waals surface area contributed by atoms with Gasteiger partial charge in [0.15, 0.2) is 0 Å². The Morgan fingerprint density at radius 2 is 2.13 bits per heavy atom. The number of ether oxygens (including phenoxy) is 1. The van der Waals surface area contributed by atoms with Gasteiger partial charge in [0.05, 0.1) is 0 Å². The fourth-order valence-corrected chi connectivity index (χ4v) is 1.43. The van der Waals surface area contributed by atoms with Crippen molar-refractivity contribution < 1.29 is 14.6 Å². The molecule has 2 atom stereocenters. The minimum atomic E-state index is -1.21. The molecule has 0 aromatic rings. The second-order valence-electron chi connectivity index (χ2n) is 3.28. The number of hydrogen-bond acceptors (Lipinski definition) is 3. The van der Waals surface area contributed by atoms with Gasteiger partial charge in [-0.1, -0.05) is 19.9 Å². The molecule has 0 bridgehead atoms. The van der Waals surface area contributed by atoms with E-state index in [2.05, 4.69) is 4.74 Å². The lowest BCUT2D eigenvalue weighted by atomic mass is 10.0. The fourth-order valence-electron chi connectivity index (χ4n) is 1.43. The Morgan fingerprint density at radius 3 is 2.73 bits per heavy atom. The van der Waals surface area contributed by atoms with Gasteiger partial charge >= 0.3 is 6.16 Å². The van der Waals surface area contributed by atoms with Gasteiger partial charge in [-0.3, -0.25) is 0 Å². The zero-order valence-electron chi connectivity index (χ0n) is 9.48. The van der Waals surface area contributed by atoms with Gasteiger partial charge in [0.25, 0.3) is 0 Å². The van der Waals surface area contributed by atoms with E-state index in [0.29, 0.717) is 0 Å². The van der Waals surface area contributed by atoms with E-state index in [9.17, 15) is 4.79 Å². The molecule has 1 aliphatic rings. The molecule has 3 N–H and O–H groups in total. The van der Waals surface area contributed by atoms with Crippen LogP contribution in [0.2, 0.25) is 0 Å². The Balaban J connectivity index is 0.000000921. The zero-order valence-corrected chi connectivity index (χ0v) is 9.48. The van der Waals surface area contributed by atoms with Crippen molar-refractivity contribution in [1.82, 2.24) is 0 Å². The average molecular weight is 215 g/mol. The minimum absolute atomic E-state index is 0.210. The monoisotopic (exact) mass is 215 g/mol.